The van der Waals surface area contributed by atoms with E-state index < -0.39 is 17.2 Å². The molecule has 1 aromatic heterocycles. The summed E-state index contributed by atoms with van der Waals surface area (Å²) in [7, 11) is 1.16. The Labute approximate surface area is 101 Å². The van der Waals surface area contributed by atoms with E-state index in [9.17, 15) is 14.0 Å². The van der Waals surface area contributed by atoms with E-state index in [1.807, 2.05) is 0 Å². The van der Waals surface area contributed by atoms with Crippen molar-refractivity contribution in [3.63, 3.8) is 0 Å². The molecule has 0 bridgehead atoms. The van der Waals surface area contributed by atoms with Gasteiger partial charge in [0.2, 0.25) is 11.1 Å². The highest BCUT2D eigenvalue weighted by Crippen LogP contribution is 2.07. The molecule has 0 amide bonds. The standard InChI is InChI=1S/C12H9FN2O3/c1-18-12(17)11-10(16)5-6-15(14-11)9-4-2-3-8(13)7-9/h2-7H,1H3. The van der Waals surface area contributed by atoms with Crippen LogP contribution in [-0.2, 0) is 4.74 Å². The van der Waals surface area contributed by atoms with Gasteiger partial charge in [-0.2, -0.15) is 5.10 Å². The first kappa shape index (κ1) is 12.0. The third-order valence-corrected chi connectivity index (χ3v) is 2.26. The summed E-state index contributed by atoms with van der Waals surface area (Å²) in [4.78, 5) is 22.7. The molecule has 6 heteroatoms. The molecule has 0 aliphatic heterocycles. The Hall–Kier alpha value is -2.50. The normalized spacial score (nSPS) is 10.1. The Kier molecular flexibility index (Phi) is 3.18. The molecular weight excluding hydrogens is 239 g/mol. The summed E-state index contributed by atoms with van der Waals surface area (Å²) in [6.45, 7) is 0. The van der Waals surface area contributed by atoms with Crippen LogP contribution >= 0.6 is 0 Å². The van der Waals surface area contributed by atoms with Crippen molar-refractivity contribution in [3.8, 4) is 5.69 Å². The van der Waals surface area contributed by atoms with Crippen molar-refractivity contribution in [3.05, 3.63) is 58.3 Å². The van der Waals surface area contributed by atoms with Gasteiger partial charge < -0.3 is 4.74 Å². The second-order valence-electron chi connectivity index (χ2n) is 3.44. The molecule has 2 aromatic rings. The second kappa shape index (κ2) is 4.79. The highest BCUT2D eigenvalue weighted by molar-refractivity contribution is 5.86. The zero-order chi connectivity index (χ0) is 13.1. The van der Waals surface area contributed by atoms with Crippen LogP contribution in [0.4, 0.5) is 4.39 Å². The number of carbonyl (C=O) groups excluding carboxylic acids is 1. The number of nitrogens with zero attached hydrogens (tertiary/aromatic N) is 2. The van der Waals surface area contributed by atoms with Crippen molar-refractivity contribution < 1.29 is 13.9 Å². The Morgan fingerprint density at radius 2 is 2.17 bits per heavy atom. The molecule has 0 fully saturated rings. The van der Waals surface area contributed by atoms with Crippen LogP contribution in [0.1, 0.15) is 10.5 Å². The minimum atomic E-state index is -0.828. The topological polar surface area (TPSA) is 61.2 Å². The maximum atomic E-state index is 13.1. The van der Waals surface area contributed by atoms with Crippen LogP contribution in [-0.4, -0.2) is 22.9 Å². The Morgan fingerprint density at radius 3 is 2.83 bits per heavy atom. The molecule has 0 aliphatic rings. The number of methoxy groups -OCH3 is 1. The smallest absolute Gasteiger partial charge is 0.362 e. The van der Waals surface area contributed by atoms with Gasteiger partial charge in [-0.3, -0.25) is 4.79 Å². The molecule has 18 heavy (non-hydrogen) atoms. The number of rotatable bonds is 2. The summed E-state index contributed by atoms with van der Waals surface area (Å²) in [6, 6.07) is 6.79. The predicted octanol–water partition coefficient (Wildman–Crippen LogP) is 1.16. The lowest BCUT2D eigenvalue weighted by Gasteiger charge is -2.06. The van der Waals surface area contributed by atoms with Crippen LogP contribution in [0.15, 0.2) is 41.3 Å². The number of hydrogen-bond donors (Lipinski definition) is 0. The van der Waals surface area contributed by atoms with Crippen LogP contribution in [0, 0.1) is 5.82 Å². The molecule has 0 saturated heterocycles. The number of esters is 1. The predicted molar refractivity (Wildman–Crippen MR) is 61.1 cm³/mol. The van der Waals surface area contributed by atoms with E-state index in [1.165, 1.54) is 35.1 Å². The third-order valence-electron chi connectivity index (χ3n) is 2.26. The Bertz CT molecular complexity index is 652. The van der Waals surface area contributed by atoms with Crippen molar-refractivity contribution in [1.29, 1.82) is 0 Å². The van der Waals surface area contributed by atoms with Gasteiger partial charge in [-0.25, -0.2) is 13.9 Å². The van der Waals surface area contributed by atoms with E-state index in [0.29, 0.717) is 5.69 Å². The van der Waals surface area contributed by atoms with Gasteiger partial charge in [0, 0.05) is 12.3 Å². The molecule has 0 radical (unpaired) electrons. The molecule has 0 N–H and O–H groups in total. The number of benzene rings is 1. The summed E-state index contributed by atoms with van der Waals surface area (Å²) in [6.07, 6.45) is 1.35. The van der Waals surface area contributed by atoms with Gasteiger partial charge in [-0.15, -0.1) is 0 Å². The van der Waals surface area contributed by atoms with Gasteiger partial charge in [0.15, 0.2) is 0 Å². The van der Waals surface area contributed by atoms with Crippen LogP contribution < -0.4 is 5.43 Å². The van der Waals surface area contributed by atoms with E-state index in [2.05, 4.69) is 9.84 Å². The highest BCUT2D eigenvalue weighted by atomic mass is 19.1. The van der Waals surface area contributed by atoms with Gasteiger partial charge in [-0.1, -0.05) is 6.07 Å². The van der Waals surface area contributed by atoms with E-state index in [-0.39, 0.29) is 5.69 Å². The molecule has 0 saturated carbocycles. The molecule has 0 atom stereocenters. The lowest BCUT2D eigenvalue weighted by atomic mass is 10.3. The summed E-state index contributed by atoms with van der Waals surface area (Å²) < 4.78 is 18.7. The molecule has 0 unspecified atom stereocenters. The molecule has 0 spiro atoms. The minimum Gasteiger partial charge on any atom is -0.464 e. The molecule has 5 nitrogen and oxygen atoms in total. The van der Waals surface area contributed by atoms with Gasteiger partial charge in [0.05, 0.1) is 12.8 Å². The maximum Gasteiger partial charge on any atom is 0.362 e. The maximum absolute atomic E-state index is 13.1. The summed E-state index contributed by atoms with van der Waals surface area (Å²) >= 11 is 0. The van der Waals surface area contributed by atoms with Crippen LogP contribution in [0.25, 0.3) is 5.69 Å². The van der Waals surface area contributed by atoms with Gasteiger partial charge in [-0.05, 0) is 18.2 Å². The van der Waals surface area contributed by atoms with Crippen LogP contribution in [0.2, 0.25) is 0 Å². The van der Waals surface area contributed by atoms with Gasteiger partial charge in [0.25, 0.3) is 0 Å². The number of halogens is 1. The number of carbonyl (C=O) groups is 1. The monoisotopic (exact) mass is 248 g/mol. The van der Waals surface area contributed by atoms with E-state index >= 15 is 0 Å². The summed E-state index contributed by atoms with van der Waals surface area (Å²) in [5.41, 5.74) is -0.487. The molecule has 1 aromatic carbocycles. The van der Waals surface area contributed by atoms with Crippen molar-refractivity contribution in [2.24, 2.45) is 0 Å². The Balaban J connectivity index is 2.54. The fourth-order valence-electron chi connectivity index (χ4n) is 1.41. The zero-order valence-corrected chi connectivity index (χ0v) is 9.46. The van der Waals surface area contributed by atoms with Crippen LogP contribution in [0.5, 0.6) is 0 Å². The third kappa shape index (κ3) is 2.27. The van der Waals surface area contributed by atoms with Crippen molar-refractivity contribution in [2.45, 2.75) is 0 Å². The molecule has 2 rings (SSSR count). The average Bonchev–Trinajstić information content (AvgIpc) is 2.38. The SMILES string of the molecule is COC(=O)c1nn(-c2cccc(F)c2)ccc1=O. The van der Waals surface area contributed by atoms with E-state index in [1.54, 1.807) is 6.07 Å². The molecular formula is C12H9FN2O3. The Morgan fingerprint density at radius 1 is 1.39 bits per heavy atom. The summed E-state index contributed by atoms with van der Waals surface area (Å²) in [5, 5.41) is 3.82. The van der Waals surface area contributed by atoms with E-state index in [0.717, 1.165) is 7.11 Å². The lowest BCUT2D eigenvalue weighted by molar-refractivity contribution is 0.0590. The van der Waals surface area contributed by atoms with Crippen molar-refractivity contribution in [2.75, 3.05) is 7.11 Å². The van der Waals surface area contributed by atoms with Gasteiger partial charge >= 0.3 is 5.97 Å². The minimum absolute atomic E-state index is 0.343. The second-order valence-corrected chi connectivity index (χ2v) is 3.44. The molecule has 92 valence electrons. The molecule has 1 heterocycles. The summed E-state index contributed by atoms with van der Waals surface area (Å²) in [5.74, 6) is -1.27. The van der Waals surface area contributed by atoms with E-state index in [4.69, 9.17) is 0 Å². The first-order chi connectivity index (χ1) is 8.61. The molecule has 0 aliphatic carbocycles. The highest BCUT2D eigenvalue weighted by Gasteiger charge is 2.13. The number of ether oxygens (including phenoxy) is 1. The average molecular weight is 248 g/mol. The van der Waals surface area contributed by atoms with Crippen molar-refractivity contribution >= 4 is 5.97 Å². The fourth-order valence-corrected chi connectivity index (χ4v) is 1.41. The quantitative estimate of drug-likeness (QED) is 0.748. The first-order valence-corrected chi connectivity index (χ1v) is 5.06. The lowest BCUT2D eigenvalue weighted by Crippen LogP contribution is -2.21. The number of aromatic nitrogens is 2. The number of hydrogen-bond acceptors (Lipinski definition) is 4. The fraction of sp³-hybridized carbons (Fsp3) is 0.0833. The first-order valence-electron chi connectivity index (χ1n) is 5.06. The van der Waals surface area contributed by atoms with Crippen molar-refractivity contribution in [1.82, 2.24) is 9.78 Å². The largest absolute Gasteiger partial charge is 0.464 e. The van der Waals surface area contributed by atoms with Gasteiger partial charge in [0.1, 0.15) is 5.82 Å². The zero-order valence-electron chi connectivity index (χ0n) is 9.46. The van der Waals surface area contributed by atoms with Crippen LogP contribution in [0.3, 0.4) is 0 Å².